The summed E-state index contributed by atoms with van der Waals surface area (Å²) in [5.74, 6) is 0.994. The number of nitrogens with two attached hydrogens (primary N) is 1. The summed E-state index contributed by atoms with van der Waals surface area (Å²) < 4.78 is 54.9. The fraction of sp³-hybridized carbons (Fsp3) is 0.400. The number of halogens is 3. The minimum atomic E-state index is -4.45. The Morgan fingerprint density at radius 3 is 2.67 bits per heavy atom. The fourth-order valence-corrected chi connectivity index (χ4v) is 4.49. The van der Waals surface area contributed by atoms with Crippen molar-refractivity contribution in [2.75, 3.05) is 26.8 Å². The smallest absolute Gasteiger partial charge is 0.408 e. The number of hydrogen-bond donors (Lipinski definition) is 1. The van der Waals surface area contributed by atoms with Crippen molar-refractivity contribution in [3.63, 3.8) is 0 Å². The zero-order valence-corrected chi connectivity index (χ0v) is 19.9. The second-order valence-corrected chi connectivity index (χ2v) is 9.11. The molecule has 0 radical (unpaired) electrons. The summed E-state index contributed by atoms with van der Waals surface area (Å²) in [6.07, 6.45) is -2.54. The van der Waals surface area contributed by atoms with E-state index in [0.29, 0.717) is 41.5 Å². The largest absolute Gasteiger partial charge is 0.491 e. The number of ether oxygens (including phenoxy) is 2. The molecule has 3 atom stereocenters. The summed E-state index contributed by atoms with van der Waals surface area (Å²) >= 11 is 0. The van der Waals surface area contributed by atoms with Crippen LogP contribution in [0.25, 0.3) is 28.1 Å². The SMILES string of the molecule is CO[C@@H](C)COc1ccc2ccc(-c3nnc4ccc([C@@H](N5CC[C@H](N)C5)C(F)(F)F)cn34)nc2c1. The second-order valence-electron chi connectivity index (χ2n) is 9.11. The molecule has 8 nitrogen and oxygen atoms in total. The van der Waals surface area contributed by atoms with Crippen molar-refractivity contribution in [1.29, 1.82) is 0 Å². The normalized spacial score (nSPS) is 18.7. The van der Waals surface area contributed by atoms with Crippen LogP contribution in [-0.2, 0) is 4.74 Å². The van der Waals surface area contributed by atoms with Gasteiger partial charge in [0.2, 0.25) is 0 Å². The topological polar surface area (TPSA) is 90.8 Å². The average Bonchev–Trinajstić information content (AvgIpc) is 3.47. The first kappa shape index (κ1) is 24.4. The number of fused-ring (bicyclic) bond motifs is 2. The van der Waals surface area contributed by atoms with Gasteiger partial charge in [0.25, 0.3) is 0 Å². The Balaban J connectivity index is 1.51. The maximum absolute atomic E-state index is 14.1. The van der Waals surface area contributed by atoms with E-state index in [9.17, 15) is 13.2 Å². The van der Waals surface area contributed by atoms with Gasteiger partial charge in [-0.1, -0.05) is 12.1 Å². The van der Waals surface area contributed by atoms with Gasteiger partial charge in [-0.25, -0.2) is 4.98 Å². The van der Waals surface area contributed by atoms with Crippen LogP contribution in [0.15, 0.2) is 48.7 Å². The molecule has 4 aromatic rings. The lowest BCUT2D eigenvalue weighted by Crippen LogP contribution is -2.38. The third kappa shape index (κ3) is 4.86. The van der Waals surface area contributed by atoms with Crippen LogP contribution in [-0.4, -0.2) is 69.6 Å². The van der Waals surface area contributed by atoms with E-state index >= 15 is 0 Å². The first-order valence-electron chi connectivity index (χ1n) is 11.7. The molecule has 1 aliphatic heterocycles. The highest BCUT2D eigenvalue weighted by molar-refractivity contribution is 5.82. The van der Waals surface area contributed by atoms with Crippen molar-refractivity contribution >= 4 is 16.6 Å². The molecule has 36 heavy (non-hydrogen) atoms. The molecular weight excluding hydrogens is 473 g/mol. The molecule has 0 unspecified atom stereocenters. The zero-order valence-electron chi connectivity index (χ0n) is 19.9. The van der Waals surface area contributed by atoms with E-state index < -0.39 is 12.2 Å². The number of aromatic nitrogens is 4. The fourth-order valence-electron chi connectivity index (χ4n) is 4.49. The quantitative estimate of drug-likeness (QED) is 0.410. The molecule has 190 valence electrons. The van der Waals surface area contributed by atoms with Crippen molar-refractivity contribution in [3.8, 4) is 17.3 Å². The van der Waals surface area contributed by atoms with Crippen LogP contribution in [0, 0.1) is 0 Å². The van der Waals surface area contributed by atoms with E-state index in [2.05, 4.69) is 10.2 Å². The van der Waals surface area contributed by atoms with Gasteiger partial charge in [0.15, 0.2) is 11.5 Å². The number of rotatable bonds is 7. The molecule has 1 aromatic carbocycles. The van der Waals surface area contributed by atoms with Crippen LogP contribution in [0.1, 0.15) is 24.9 Å². The molecule has 1 saturated heterocycles. The number of nitrogens with zero attached hydrogens (tertiary/aromatic N) is 5. The zero-order chi connectivity index (χ0) is 25.4. The molecule has 0 aliphatic carbocycles. The molecule has 0 saturated carbocycles. The maximum atomic E-state index is 14.1. The van der Waals surface area contributed by atoms with E-state index in [0.717, 1.165) is 5.39 Å². The lowest BCUT2D eigenvalue weighted by molar-refractivity contribution is -0.183. The lowest BCUT2D eigenvalue weighted by Gasteiger charge is -2.30. The van der Waals surface area contributed by atoms with Gasteiger partial charge in [-0.05, 0) is 43.2 Å². The van der Waals surface area contributed by atoms with Crippen molar-refractivity contribution in [2.24, 2.45) is 5.73 Å². The first-order valence-corrected chi connectivity index (χ1v) is 11.7. The summed E-state index contributed by atoms with van der Waals surface area (Å²) in [7, 11) is 1.62. The van der Waals surface area contributed by atoms with Gasteiger partial charge in [0.1, 0.15) is 24.1 Å². The minimum Gasteiger partial charge on any atom is -0.491 e. The molecule has 5 rings (SSSR count). The van der Waals surface area contributed by atoms with E-state index in [-0.39, 0.29) is 30.8 Å². The van der Waals surface area contributed by atoms with Crippen LogP contribution < -0.4 is 10.5 Å². The number of benzene rings is 1. The van der Waals surface area contributed by atoms with Crippen LogP contribution in [0.5, 0.6) is 5.75 Å². The molecule has 1 aliphatic rings. The van der Waals surface area contributed by atoms with E-state index in [1.807, 2.05) is 31.2 Å². The molecule has 4 heterocycles. The van der Waals surface area contributed by atoms with Crippen LogP contribution in [0.4, 0.5) is 13.2 Å². The van der Waals surface area contributed by atoms with E-state index in [1.165, 1.54) is 17.2 Å². The van der Waals surface area contributed by atoms with Gasteiger partial charge >= 0.3 is 6.18 Å². The summed E-state index contributed by atoms with van der Waals surface area (Å²) in [4.78, 5) is 6.09. The second kappa shape index (κ2) is 9.64. The molecule has 2 N–H and O–H groups in total. The molecule has 3 aromatic heterocycles. The molecule has 1 fully saturated rings. The number of alkyl halides is 3. The first-order chi connectivity index (χ1) is 17.2. The monoisotopic (exact) mass is 500 g/mol. The number of hydrogen-bond acceptors (Lipinski definition) is 7. The van der Waals surface area contributed by atoms with Crippen LogP contribution >= 0.6 is 0 Å². The Hall–Kier alpha value is -3.28. The molecule has 11 heteroatoms. The van der Waals surface area contributed by atoms with Crippen molar-refractivity contribution in [3.05, 3.63) is 54.2 Å². The molecule has 0 spiro atoms. The molecular formula is C25H27F3N6O2. The summed E-state index contributed by atoms with van der Waals surface area (Å²) in [6, 6.07) is 10.2. The van der Waals surface area contributed by atoms with Crippen molar-refractivity contribution < 1.29 is 22.6 Å². The van der Waals surface area contributed by atoms with Crippen LogP contribution in [0.2, 0.25) is 0 Å². The van der Waals surface area contributed by atoms with E-state index in [4.69, 9.17) is 20.2 Å². The Kier molecular flexibility index (Phi) is 6.54. The maximum Gasteiger partial charge on any atom is 0.408 e. The average molecular weight is 501 g/mol. The van der Waals surface area contributed by atoms with Gasteiger partial charge in [-0.3, -0.25) is 9.30 Å². The summed E-state index contributed by atoms with van der Waals surface area (Å²) in [5, 5.41) is 9.26. The van der Waals surface area contributed by atoms with Gasteiger partial charge in [0.05, 0.1) is 11.6 Å². The highest BCUT2D eigenvalue weighted by Crippen LogP contribution is 2.39. The van der Waals surface area contributed by atoms with Gasteiger partial charge < -0.3 is 15.2 Å². The minimum absolute atomic E-state index is 0.0617. The van der Waals surface area contributed by atoms with Crippen molar-refractivity contribution in [2.45, 2.75) is 37.7 Å². The Morgan fingerprint density at radius 2 is 1.94 bits per heavy atom. The van der Waals surface area contributed by atoms with Crippen LogP contribution in [0.3, 0.4) is 0 Å². The molecule has 0 bridgehead atoms. The Labute approximate surface area is 205 Å². The van der Waals surface area contributed by atoms with Gasteiger partial charge in [-0.15, -0.1) is 10.2 Å². The molecule has 0 amide bonds. The predicted molar refractivity (Wildman–Crippen MR) is 129 cm³/mol. The van der Waals surface area contributed by atoms with Crippen molar-refractivity contribution in [1.82, 2.24) is 24.5 Å². The standard InChI is InChI=1S/C25H27F3N6O2/c1-15(35-2)14-36-19-6-3-16-4-7-20(30-21(16)11-19)24-32-31-22-8-5-17(12-34(22)24)23(25(26,27)28)33-10-9-18(29)13-33/h3-8,11-12,15,18,23H,9-10,13-14,29H2,1-2H3/t15-,18-,23+/m0/s1. The predicted octanol–water partition coefficient (Wildman–Crippen LogP) is 3.99. The third-order valence-electron chi connectivity index (χ3n) is 6.45. The highest BCUT2D eigenvalue weighted by Gasteiger charge is 2.46. The summed E-state index contributed by atoms with van der Waals surface area (Å²) in [6.45, 7) is 2.78. The Morgan fingerprint density at radius 1 is 1.14 bits per heavy atom. The van der Waals surface area contributed by atoms with Gasteiger partial charge in [-0.2, -0.15) is 13.2 Å². The number of methoxy groups -OCH3 is 1. The highest BCUT2D eigenvalue weighted by atomic mass is 19.4. The number of pyridine rings is 2. The van der Waals surface area contributed by atoms with Gasteiger partial charge in [0, 0.05) is 43.9 Å². The van der Waals surface area contributed by atoms with E-state index in [1.54, 1.807) is 23.6 Å². The Bertz CT molecular complexity index is 1380. The summed E-state index contributed by atoms with van der Waals surface area (Å²) in [5.41, 5.74) is 7.59. The third-order valence-corrected chi connectivity index (χ3v) is 6.45. The number of likely N-dealkylation sites (tertiary alicyclic amines) is 1. The lowest BCUT2D eigenvalue weighted by atomic mass is 10.1.